The highest BCUT2D eigenvalue weighted by molar-refractivity contribution is 5.96. The average Bonchev–Trinajstić information content (AvgIpc) is 3.22. The molecular weight excluding hydrogens is 810 g/mol. The number of aliphatic carboxylic acids is 1. The number of rotatable bonds is 20. The van der Waals surface area contributed by atoms with E-state index in [4.69, 9.17) is 0 Å². The van der Waals surface area contributed by atoms with Gasteiger partial charge in [0.1, 0.15) is 41.6 Å². The fraction of sp³-hybridized carbons (Fsp3) is 0.548. The molecule has 2 aromatic carbocycles. The third-order valence-electron chi connectivity index (χ3n) is 10.8. The number of benzene rings is 2. The number of carbonyl (C=O) groups is 7. The van der Waals surface area contributed by atoms with Crippen molar-refractivity contribution in [1.82, 2.24) is 31.1 Å². The monoisotopic (exact) mass is 871 g/mol. The molecule has 0 fully saturated rings. The molecule has 3 rings (SSSR count). The second-order valence-electron chi connectivity index (χ2n) is 15.5. The Bertz CT molecular complexity index is 1930. The van der Waals surface area contributed by atoms with Crippen molar-refractivity contribution >= 4 is 47.1 Å². The van der Waals surface area contributed by atoms with Crippen LogP contribution in [0.25, 0.3) is 11.1 Å². The summed E-state index contributed by atoms with van der Waals surface area (Å²) in [5, 5.41) is 70.7. The number of carbonyl (C=O) groups excluding carboxylic acids is 6. The van der Waals surface area contributed by atoms with Crippen LogP contribution in [0.3, 0.4) is 0 Å². The number of aliphatic hydroxyl groups is 1. The molecule has 2 unspecified atom stereocenters. The molecule has 62 heavy (non-hydrogen) atoms. The maximum absolute atomic E-state index is 13.9. The Morgan fingerprint density at radius 2 is 1.47 bits per heavy atom. The molecule has 0 aliphatic carbocycles. The number of phenols is 2. The van der Waals surface area contributed by atoms with Gasteiger partial charge in [0.05, 0.1) is 13.2 Å². The van der Waals surface area contributed by atoms with Crippen LogP contribution in [-0.4, -0.2) is 133 Å². The number of likely N-dealkylation sites (N-methyl/N-ethyl adjacent to an activating group) is 2. The van der Waals surface area contributed by atoms with E-state index in [0.29, 0.717) is 6.42 Å². The van der Waals surface area contributed by atoms with Crippen molar-refractivity contribution in [3.63, 3.8) is 0 Å². The molecule has 0 radical (unpaired) electrons. The summed E-state index contributed by atoms with van der Waals surface area (Å²) >= 11 is 0. The van der Waals surface area contributed by atoms with E-state index < -0.39 is 108 Å². The van der Waals surface area contributed by atoms with Gasteiger partial charge in [0.2, 0.25) is 35.4 Å². The molecule has 6 amide bonds. The van der Waals surface area contributed by atoms with Gasteiger partial charge in [-0.1, -0.05) is 64.4 Å². The molecule has 342 valence electrons. The Kier molecular flexibility index (Phi) is 19.4. The fourth-order valence-corrected chi connectivity index (χ4v) is 7.01. The van der Waals surface area contributed by atoms with Crippen LogP contribution < -0.4 is 26.5 Å². The Hall–Kier alpha value is -5.99. The summed E-state index contributed by atoms with van der Waals surface area (Å²) in [6, 6.07) is -1.14. The quantitative estimate of drug-likeness (QED) is 0.0671. The van der Waals surface area contributed by atoms with Gasteiger partial charge in [0.25, 0.3) is 0 Å². The van der Waals surface area contributed by atoms with Gasteiger partial charge >= 0.3 is 5.97 Å². The van der Waals surface area contributed by atoms with Crippen molar-refractivity contribution in [2.75, 3.05) is 32.5 Å². The second-order valence-corrected chi connectivity index (χ2v) is 15.5. The van der Waals surface area contributed by atoms with E-state index in [2.05, 4.69) is 28.2 Å². The van der Waals surface area contributed by atoms with Gasteiger partial charge in [0.15, 0.2) is 5.75 Å². The van der Waals surface area contributed by atoms with E-state index in [-0.39, 0.29) is 34.6 Å². The Balaban J connectivity index is 1.77. The normalized spacial score (nSPS) is 17.3. The lowest BCUT2D eigenvalue weighted by molar-refractivity contribution is -0.143. The highest BCUT2D eigenvalue weighted by Crippen LogP contribution is 2.43. The predicted molar refractivity (Wildman–Crippen MR) is 224 cm³/mol. The van der Waals surface area contributed by atoms with Crippen molar-refractivity contribution in [3.8, 4) is 22.6 Å². The third kappa shape index (κ3) is 13.8. The van der Waals surface area contributed by atoms with Crippen molar-refractivity contribution in [2.24, 2.45) is 0 Å². The Morgan fingerprint density at radius 3 is 2.06 bits per heavy atom. The lowest BCUT2D eigenvalue weighted by atomic mass is 9.93. The smallest absolute Gasteiger partial charge is 0.326 e. The summed E-state index contributed by atoms with van der Waals surface area (Å²) in [7, 11) is 2.60. The number of anilines is 1. The zero-order valence-electron chi connectivity index (χ0n) is 35.8. The number of amides is 6. The number of fused-ring (bicyclic) bond motifs is 5. The number of carboxylic acids is 1. The number of aliphatic hydroxyl groups excluding tert-OH is 1. The molecule has 0 saturated carbocycles. The summed E-state index contributed by atoms with van der Waals surface area (Å²) in [5.41, 5.74) is -0.917. The van der Waals surface area contributed by atoms with E-state index in [1.165, 1.54) is 71.8 Å². The molecule has 1 heterocycles. The summed E-state index contributed by atoms with van der Waals surface area (Å²) in [4.78, 5) is 94.0. The van der Waals surface area contributed by atoms with E-state index >= 15 is 0 Å². The second kappa shape index (κ2) is 23.9. The molecule has 20 nitrogen and oxygen atoms in total. The van der Waals surface area contributed by atoms with Crippen molar-refractivity contribution < 1.29 is 64.4 Å². The number of nitrogens with one attached hydrogen (secondary N) is 4. The maximum atomic E-state index is 13.9. The lowest BCUT2D eigenvalue weighted by Gasteiger charge is -2.30. The van der Waals surface area contributed by atoms with Crippen LogP contribution in [-0.2, 0) is 40.0 Å². The minimum absolute atomic E-state index is 0.0221. The molecule has 2 aromatic rings. The molecule has 0 spiro atoms. The summed E-state index contributed by atoms with van der Waals surface area (Å²) in [5.74, 6) is -7.41. The SMILES string of the molecule is CCCCCCCCCCCC(=O)N(C)[C@H](CO)C(=O)N[C@H](C)C(=O)NCC(=O)N(C)C1C(=O)N[C@@H](C)C(=O)NC(C(=O)O)Cc2cc(c(O)c(N(O)O)c2)-c2cc1ccc2O. The summed E-state index contributed by atoms with van der Waals surface area (Å²) in [6.07, 6.45) is 9.31. The van der Waals surface area contributed by atoms with Gasteiger partial charge in [-0.05, 0) is 55.7 Å². The van der Waals surface area contributed by atoms with Gasteiger partial charge in [-0.15, -0.1) is 5.23 Å². The van der Waals surface area contributed by atoms with E-state index in [1.54, 1.807) is 0 Å². The number of phenolic OH excluding ortho intramolecular Hbond substituents is 2. The summed E-state index contributed by atoms with van der Waals surface area (Å²) < 4.78 is 0. The van der Waals surface area contributed by atoms with Crippen molar-refractivity contribution in [3.05, 3.63) is 41.5 Å². The molecular formula is C42H61N7O13. The first-order valence-electron chi connectivity index (χ1n) is 20.7. The average molecular weight is 872 g/mol. The van der Waals surface area contributed by atoms with Crippen LogP contribution in [0.1, 0.15) is 102 Å². The number of hydrogen-bond donors (Lipinski definition) is 10. The van der Waals surface area contributed by atoms with Crippen LogP contribution in [0.5, 0.6) is 11.5 Å². The highest BCUT2D eigenvalue weighted by Gasteiger charge is 2.34. The highest BCUT2D eigenvalue weighted by atomic mass is 16.8. The molecule has 0 saturated heterocycles. The number of aromatic hydroxyl groups is 2. The zero-order chi connectivity index (χ0) is 46.3. The minimum Gasteiger partial charge on any atom is -0.507 e. The van der Waals surface area contributed by atoms with Crippen molar-refractivity contribution in [2.45, 2.75) is 122 Å². The van der Waals surface area contributed by atoms with E-state index in [0.717, 1.165) is 47.6 Å². The summed E-state index contributed by atoms with van der Waals surface area (Å²) in [6.45, 7) is 3.34. The third-order valence-corrected chi connectivity index (χ3v) is 10.8. The molecule has 0 aromatic heterocycles. The van der Waals surface area contributed by atoms with Crippen LogP contribution in [0, 0.1) is 0 Å². The zero-order valence-corrected chi connectivity index (χ0v) is 35.8. The van der Waals surface area contributed by atoms with Gasteiger partial charge < -0.3 is 51.5 Å². The van der Waals surface area contributed by atoms with Gasteiger partial charge in [-0.2, -0.15) is 0 Å². The largest absolute Gasteiger partial charge is 0.507 e. The number of nitrogens with zero attached hydrogens (tertiary/aromatic N) is 3. The molecule has 1 aliphatic heterocycles. The first-order chi connectivity index (χ1) is 29.3. The number of carboxylic acid groups (broad SMARTS) is 1. The predicted octanol–water partition coefficient (Wildman–Crippen LogP) is 1.84. The molecule has 10 N–H and O–H groups in total. The molecule has 5 atom stereocenters. The van der Waals surface area contributed by atoms with Crippen LogP contribution in [0.2, 0.25) is 0 Å². The Labute approximate surface area is 360 Å². The van der Waals surface area contributed by atoms with Crippen LogP contribution >= 0.6 is 0 Å². The number of unbranched alkanes of at least 4 members (excludes halogenated alkanes) is 8. The first-order valence-corrected chi connectivity index (χ1v) is 20.7. The van der Waals surface area contributed by atoms with E-state index in [9.17, 15) is 64.4 Å². The number of hydrogen-bond acceptors (Lipinski definition) is 13. The molecule has 1 aliphatic rings. The topological polar surface area (TPSA) is 299 Å². The maximum Gasteiger partial charge on any atom is 0.326 e. The molecule has 4 bridgehead atoms. The standard InChI is InChI=1S/C42H61N7O13/c1-6-7-8-9-10-11-12-13-14-15-34(52)47(4)32(23-50)40(57)44-24(2)38(55)43-22-35(53)48(5)36-27-16-17-33(51)28(21-27)29-18-26(20-31(37(29)54)49(61)62)19-30(42(59)60)46-39(56)25(3)45-41(36)58/h16-18,20-21,24-25,30,32,36,50-51,54,61-62H,6-15,19,22-23H2,1-5H3,(H,43,55)(H,44,57)(H,45,58)(H,46,56)(H,59,60)/t24-,25+,30?,32-,36?/m1/s1. The molecule has 20 heteroatoms. The van der Waals surface area contributed by atoms with Gasteiger partial charge in [0, 0.05) is 38.1 Å². The van der Waals surface area contributed by atoms with Gasteiger partial charge in [-0.25, -0.2) is 4.79 Å². The fourth-order valence-electron chi connectivity index (χ4n) is 7.01. The van der Waals surface area contributed by atoms with Crippen molar-refractivity contribution in [1.29, 1.82) is 0 Å². The van der Waals surface area contributed by atoms with Crippen LogP contribution in [0.15, 0.2) is 30.3 Å². The van der Waals surface area contributed by atoms with E-state index in [1.807, 2.05) is 0 Å². The van der Waals surface area contributed by atoms with Crippen LogP contribution in [0.4, 0.5) is 5.69 Å². The Morgan fingerprint density at radius 1 is 0.839 bits per heavy atom. The minimum atomic E-state index is -1.61. The lowest BCUT2D eigenvalue weighted by Crippen LogP contribution is -2.55. The first kappa shape index (κ1) is 50.4. The van der Waals surface area contributed by atoms with Gasteiger partial charge in [-0.3, -0.25) is 39.2 Å².